The molecule has 0 aliphatic heterocycles. The van der Waals surface area contributed by atoms with Gasteiger partial charge in [0, 0.05) is 6.42 Å². The standard InChI is InChI=1S/C49H89NO5/c1-4-7-10-13-16-19-22-23-24-25-27-30-33-36-39-42-49(54)55-45(40-37-34-31-28-26-20-17-14-11-8-5-2)43-48(53)50-46(44-51)47(52)41-38-35-32-29-21-18-15-12-9-6-3/h16,19,22-23,28,31,37,40,45-47,51-52H,4-15,17-18,20-21,24-27,29-30,32-36,38-39,41-44H2,1-3H3,(H,50,53)/b19-16+,23-22+,31-28-,40-37+. The van der Waals surface area contributed by atoms with Crippen LogP contribution in [0.5, 0.6) is 0 Å². The quantitative estimate of drug-likeness (QED) is 0.0249. The van der Waals surface area contributed by atoms with Gasteiger partial charge in [-0.25, -0.2) is 0 Å². The lowest BCUT2D eigenvalue weighted by atomic mass is 10.0. The van der Waals surface area contributed by atoms with E-state index in [1.807, 2.05) is 12.2 Å². The van der Waals surface area contributed by atoms with Crippen molar-refractivity contribution in [1.82, 2.24) is 5.32 Å². The number of hydrogen-bond acceptors (Lipinski definition) is 5. The van der Waals surface area contributed by atoms with Crippen molar-refractivity contribution in [3.63, 3.8) is 0 Å². The summed E-state index contributed by atoms with van der Waals surface area (Å²) in [5, 5.41) is 23.5. The third-order valence-corrected chi connectivity index (χ3v) is 10.4. The number of allylic oxidation sites excluding steroid dienone is 7. The molecule has 0 saturated heterocycles. The van der Waals surface area contributed by atoms with E-state index >= 15 is 0 Å². The molecule has 0 radical (unpaired) electrons. The molecule has 3 N–H and O–H groups in total. The molecule has 0 aromatic rings. The molecule has 0 aromatic carbocycles. The van der Waals surface area contributed by atoms with Crippen LogP contribution in [0.2, 0.25) is 0 Å². The van der Waals surface area contributed by atoms with E-state index in [4.69, 9.17) is 4.74 Å². The highest BCUT2D eigenvalue weighted by Crippen LogP contribution is 2.15. The first-order valence-corrected chi connectivity index (χ1v) is 23.4. The molecule has 0 bridgehead atoms. The molecule has 6 heteroatoms. The summed E-state index contributed by atoms with van der Waals surface area (Å²) >= 11 is 0. The molecule has 0 fully saturated rings. The van der Waals surface area contributed by atoms with E-state index in [1.165, 1.54) is 128 Å². The molecule has 0 aliphatic carbocycles. The zero-order valence-corrected chi connectivity index (χ0v) is 36.3. The topological polar surface area (TPSA) is 95.9 Å². The lowest BCUT2D eigenvalue weighted by Crippen LogP contribution is -2.46. The molecule has 0 aromatic heterocycles. The second kappa shape index (κ2) is 43.0. The molecule has 3 unspecified atom stereocenters. The Morgan fingerprint density at radius 1 is 0.564 bits per heavy atom. The van der Waals surface area contributed by atoms with Gasteiger partial charge in [0.25, 0.3) is 0 Å². The molecular weight excluding hydrogens is 683 g/mol. The van der Waals surface area contributed by atoms with Crippen LogP contribution >= 0.6 is 0 Å². The summed E-state index contributed by atoms with van der Waals surface area (Å²) in [6, 6.07) is -0.732. The number of rotatable bonds is 41. The molecular formula is C49H89NO5. The lowest BCUT2D eigenvalue weighted by Gasteiger charge is -2.23. The zero-order valence-electron chi connectivity index (χ0n) is 36.3. The van der Waals surface area contributed by atoms with Crippen LogP contribution in [0.15, 0.2) is 48.6 Å². The highest BCUT2D eigenvalue weighted by molar-refractivity contribution is 5.78. The second-order valence-corrected chi connectivity index (χ2v) is 15.8. The van der Waals surface area contributed by atoms with Crippen LogP contribution in [-0.2, 0) is 14.3 Å². The third kappa shape index (κ3) is 38.5. The van der Waals surface area contributed by atoms with Gasteiger partial charge in [-0.1, -0.05) is 198 Å². The minimum Gasteiger partial charge on any atom is -0.458 e. The highest BCUT2D eigenvalue weighted by atomic mass is 16.5. The zero-order chi connectivity index (χ0) is 40.3. The SMILES string of the molecule is CCCCC/C=C/C=C/CCCCCCCCC(=O)OC(/C=C/C/C=C\CCCCCCCC)CC(=O)NC(CO)C(O)CCCCCCCCCCCC. The first-order valence-electron chi connectivity index (χ1n) is 23.4. The third-order valence-electron chi connectivity index (χ3n) is 10.4. The molecule has 0 rings (SSSR count). The van der Waals surface area contributed by atoms with E-state index < -0.39 is 18.2 Å². The molecule has 0 spiro atoms. The summed E-state index contributed by atoms with van der Waals surface area (Å²) in [5.74, 6) is -0.617. The van der Waals surface area contributed by atoms with Crippen molar-refractivity contribution in [2.75, 3.05) is 6.61 Å². The van der Waals surface area contributed by atoms with Crippen molar-refractivity contribution < 1.29 is 24.5 Å². The Kier molecular flexibility index (Phi) is 41.2. The number of nitrogens with one attached hydrogen (secondary N) is 1. The van der Waals surface area contributed by atoms with Crippen LogP contribution in [0.1, 0.15) is 226 Å². The summed E-state index contributed by atoms with van der Waals surface area (Å²) in [6.45, 7) is 6.38. The largest absolute Gasteiger partial charge is 0.458 e. The van der Waals surface area contributed by atoms with Crippen molar-refractivity contribution in [2.45, 2.75) is 244 Å². The van der Waals surface area contributed by atoms with Crippen LogP contribution in [0, 0.1) is 0 Å². The number of ether oxygens (including phenoxy) is 1. The molecule has 0 aliphatic rings. The van der Waals surface area contributed by atoms with Gasteiger partial charge in [0.15, 0.2) is 0 Å². The number of carbonyl (C=O) groups excluding carboxylic acids is 2. The number of aliphatic hydroxyl groups is 2. The number of aliphatic hydroxyl groups excluding tert-OH is 2. The van der Waals surface area contributed by atoms with Crippen molar-refractivity contribution in [2.24, 2.45) is 0 Å². The average Bonchev–Trinajstić information content (AvgIpc) is 3.18. The van der Waals surface area contributed by atoms with Crippen LogP contribution in [0.25, 0.3) is 0 Å². The monoisotopic (exact) mass is 772 g/mol. The highest BCUT2D eigenvalue weighted by Gasteiger charge is 2.23. The van der Waals surface area contributed by atoms with Crippen molar-refractivity contribution in [3.8, 4) is 0 Å². The van der Waals surface area contributed by atoms with E-state index in [0.29, 0.717) is 19.3 Å². The predicted octanol–water partition coefficient (Wildman–Crippen LogP) is 13.5. The van der Waals surface area contributed by atoms with Crippen molar-refractivity contribution >= 4 is 11.9 Å². The Labute approximate surface area is 340 Å². The maximum Gasteiger partial charge on any atom is 0.306 e. The summed E-state index contributed by atoms with van der Waals surface area (Å²) in [6.07, 6.45) is 50.5. The molecule has 3 atom stereocenters. The van der Waals surface area contributed by atoms with E-state index in [1.54, 1.807) is 0 Å². The molecule has 6 nitrogen and oxygen atoms in total. The first-order chi connectivity index (χ1) is 27.0. The van der Waals surface area contributed by atoms with Gasteiger partial charge in [0.2, 0.25) is 5.91 Å². The minimum atomic E-state index is -0.810. The van der Waals surface area contributed by atoms with Gasteiger partial charge < -0.3 is 20.3 Å². The van der Waals surface area contributed by atoms with Gasteiger partial charge in [-0.2, -0.15) is 0 Å². The van der Waals surface area contributed by atoms with E-state index in [9.17, 15) is 19.8 Å². The fraction of sp³-hybridized carbons (Fsp3) is 0.796. The van der Waals surface area contributed by atoms with Gasteiger partial charge in [0.1, 0.15) is 6.10 Å². The Morgan fingerprint density at radius 2 is 1.02 bits per heavy atom. The Hall–Kier alpha value is -2.18. The van der Waals surface area contributed by atoms with Gasteiger partial charge in [-0.3, -0.25) is 9.59 Å². The van der Waals surface area contributed by atoms with Gasteiger partial charge in [-0.15, -0.1) is 0 Å². The Morgan fingerprint density at radius 3 is 1.56 bits per heavy atom. The summed E-state index contributed by atoms with van der Waals surface area (Å²) in [7, 11) is 0. The summed E-state index contributed by atoms with van der Waals surface area (Å²) < 4.78 is 5.80. The molecule has 55 heavy (non-hydrogen) atoms. The van der Waals surface area contributed by atoms with Gasteiger partial charge in [0.05, 0.1) is 25.2 Å². The average molecular weight is 772 g/mol. The smallest absolute Gasteiger partial charge is 0.306 e. The number of unbranched alkanes of at least 4 members (excludes halogenated alkanes) is 24. The van der Waals surface area contributed by atoms with Crippen molar-refractivity contribution in [1.29, 1.82) is 0 Å². The fourth-order valence-corrected chi connectivity index (χ4v) is 6.80. The maximum atomic E-state index is 13.1. The van der Waals surface area contributed by atoms with E-state index in [-0.39, 0.29) is 24.9 Å². The Bertz CT molecular complexity index is 957. The molecule has 0 heterocycles. The minimum absolute atomic E-state index is 0.0334. The van der Waals surface area contributed by atoms with Gasteiger partial charge in [-0.05, 0) is 63.9 Å². The van der Waals surface area contributed by atoms with Crippen LogP contribution in [0.3, 0.4) is 0 Å². The molecule has 1 amide bonds. The Balaban J connectivity index is 4.68. The normalized spacial score (nSPS) is 13.8. The molecule has 320 valence electrons. The first kappa shape index (κ1) is 52.8. The predicted molar refractivity (Wildman–Crippen MR) is 236 cm³/mol. The van der Waals surface area contributed by atoms with Crippen LogP contribution < -0.4 is 5.32 Å². The fourth-order valence-electron chi connectivity index (χ4n) is 6.80. The number of hydrogen-bond donors (Lipinski definition) is 3. The molecule has 0 saturated carbocycles. The number of amides is 1. The maximum absolute atomic E-state index is 13.1. The van der Waals surface area contributed by atoms with Crippen LogP contribution in [0.4, 0.5) is 0 Å². The van der Waals surface area contributed by atoms with Crippen LogP contribution in [-0.4, -0.2) is 46.9 Å². The second-order valence-electron chi connectivity index (χ2n) is 15.8. The van der Waals surface area contributed by atoms with E-state index in [2.05, 4.69) is 62.5 Å². The van der Waals surface area contributed by atoms with Crippen molar-refractivity contribution in [3.05, 3.63) is 48.6 Å². The van der Waals surface area contributed by atoms with Gasteiger partial charge >= 0.3 is 5.97 Å². The number of carbonyl (C=O) groups is 2. The number of esters is 1. The summed E-state index contributed by atoms with van der Waals surface area (Å²) in [5.41, 5.74) is 0. The van der Waals surface area contributed by atoms with E-state index in [0.717, 1.165) is 51.4 Å². The lowest BCUT2D eigenvalue weighted by molar-refractivity contribution is -0.148. The summed E-state index contributed by atoms with van der Waals surface area (Å²) in [4.78, 5) is 25.9.